The first-order valence-corrected chi connectivity index (χ1v) is 9.66. The van der Waals surface area contributed by atoms with Gasteiger partial charge < -0.3 is 4.74 Å². The summed E-state index contributed by atoms with van der Waals surface area (Å²) in [5.41, 5.74) is 1.14. The maximum Gasteiger partial charge on any atom is 0.165 e. The first kappa shape index (κ1) is 14.8. The lowest BCUT2D eigenvalue weighted by Gasteiger charge is -2.09. The van der Waals surface area contributed by atoms with Crippen LogP contribution in [0.25, 0.3) is 0 Å². The highest BCUT2D eigenvalue weighted by Crippen LogP contribution is 2.26. The fraction of sp³-hybridized carbons (Fsp3) is 0.294. The Balaban J connectivity index is 2.05. The zero-order valence-corrected chi connectivity index (χ0v) is 13.0. The van der Waals surface area contributed by atoms with Gasteiger partial charge in [-0.2, -0.15) is 0 Å². The number of halogens is 1. The van der Waals surface area contributed by atoms with Gasteiger partial charge in [-0.15, -0.1) is 0 Å². The number of hydrogen-bond acceptors (Lipinski definition) is 1. The van der Waals surface area contributed by atoms with Gasteiger partial charge in [-0.25, -0.2) is 4.39 Å². The summed E-state index contributed by atoms with van der Waals surface area (Å²) in [6.07, 6.45) is 2.15. The van der Waals surface area contributed by atoms with Gasteiger partial charge in [-0.3, -0.25) is 0 Å². The Morgan fingerprint density at radius 2 is 1.80 bits per heavy atom. The van der Waals surface area contributed by atoms with E-state index < -0.39 is 0 Å². The van der Waals surface area contributed by atoms with Crippen LogP contribution >= 0.6 is 0 Å². The second kappa shape index (κ2) is 7.24. The monoisotopic (exact) mass is 287 g/mol. The molecule has 0 fully saturated rings. The van der Waals surface area contributed by atoms with E-state index in [0.29, 0.717) is 11.5 Å². The quantitative estimate of drug-likeness (QED) is 0.655. The van der Waals surface area contributed by atoms with Crippen molar-refractivity contribution >= 4 is 8.80 Å². The van der Waals surface area contributed by atoms with Gasteiger partial charge in [-0.1, -0.05) is 49.8 Å². The number of ether oxygens (including phenoxy) is 1. The molecule has 0 heterocycles. The third-order valence-corrected chi connectivity index (χ3v) is 4.46. The molecule has 0 atom stereocenters. The molecule has 0 bridgehead atoms. The average Bonchev–Trinajstić information content (AvgIpc) is 2.43. The molecular weight excluding hydrogens is 267 g/mol. The summed E-state index contributed by atoms with van der Waals surface area (Å²) < 4.78 is 19.4. The van der Waals surface area contributed by atoms with Crippen molar-refractivity contribution in [2.24, 2.45) is 0 Å². The van der Waals surface area contributed by atoms with Crippen molar-refractivity contribution < 1.29 is 9.13 Å². The van der Waals surface area contributed by atoms with Gasteiger partial charge in [0, 0.05) is 8.80 Å². The number of para-hydroxylation sites is 1. The van der Waals surface area contributed by atoms with Crippen molar-refractivity contribution in [3.63, 3.8) is 0 Å². The van der Waals surface area contributed by atoms with Crippen LogP contribution in [0.15, 0.2) is 48.5 Å². The van der Waals surface area contributed by atoms with E-state index in [1.54, 1.807) is 0 Å². The first-order valence-electron chi connectivity index (χ1n) is 6.95. The maximum absolute atomic E-state index is 13.8. The Labute approximate surface area is 122 Å². The lowest BCUT2D eigenvalue weighted by atomic mass is 10.1. The Morgan fingerprint density at radius 3 is 2.50 bits per heavy atom. The topological polar surface area (TPSA) is 9.23 Å². The van der Waals surface area contributed by atoms with Crippen LogP contribution in [0, 0.1) is 5.82 Å². The van der Waals surface area contributed by atoms with E-state index in [-0.39, 0.29) is 14.6 Å². The Hall–Kier alpha value is -1.61. The summed E-state index contributed by atoms with van der Waals surface area (Å²) in [6, 6.07) is 15.8. The average molecular weight is 287 g/mol. The van der Waals surface area contributed by atoms with Gasteiger partial charge in [0.15, 0.2) is 11.6 Å². The largest absolute Gasteiger partial charge is 0.454 e. The van der Waals surface area contributed by atoms with Gasteiger partial charge in [-0.05, 0) is 36.2 Å². The molecule has 1 radical (unpaired) electrons. The zero-order chi connectivity index (χ0) is 14.4. The molecule has 0 aromatic heterocycles. The number of aryl methyl sites for hydroxylation is 1. The maximum atomic E-state index is 13.8. The van der Waals surface area contributed by atoms with Crippen molar-refractivity contribution in [1.82, 2.24) is 0 Å². The predicted octanol–water partition coefficient (Wildman–Crippen LogP) is 5.31. The normalized spacial score (nSPS) is 10.8. The van der Waals surface area contributed by atoms with Crippen LogP contribution in [0.2, 0.25) is 19.1 Å². The molecule has 0 saturated heterocycles. The lowest BCUT2D eigenvalue weighted by molar-refractivity contribution is 0.441. The van der Waals surface area contributed by atoms with E-state index in [4.69, 9.17) is 4.74 Å². The third kappa shape index (κ3) is 4.49. The highest BCUT2D eigenvalue weighted by Gasteiger charge is 2.06. The molecule has 2 aromatic rings. The van der Waals surface area contributed by atoms with E-state index in [9.17, 15) is 4.39 Å². The number of benzene rings is 2. The highest BCUT2D eigenvalue weighted by molar-refractivity contribution is 6.55. The summed E-state index contributed by atoms with van der Waals surface area (Å²) in [4.78, 5) is 0. The summed E-state index contributed by atoms with van der Waals surface area (Å²) in [5.74, 6) is 0.664. The number of rotatable bonds is 6. The van der Waals surface area contributed by atoms with Crippen molar-refractivity contribution in [2.45, 2.75) is 32.0 Å². The second-order valence-corrected chi connectivity index (χ2v) is 8.15. The minimum absolute atomic E-state index is 0.176. The summed E-state index contributed by atoms with van der Waals surface area (Å²) in [7, 11) is -0.176. The standard InChI is InChI=1S/C17H20FOSi/c1-20(2)12-6-7-14-10-11-16(18)17(13-14)19-15-8-4-3-5-9-15/h3-5,8-11,13H,6-7,12H2,1-2H3. The number of hydrogen-bond donors (Lipinski definition) is 0. The molecule has 105 valence electrons. The molecule has 2 rings (SSSR count). The summed E-state index contributed by atoms with van der Waals surface area (Å²) in [5, 5.41) is 0. The van der Waals surface area contributed by atoms with Crippen LogP contribution in [-0.2, 0) is 6.42 Å². The molecule has 0 spiro atoms. The van der Waals surface area contributed by atoms with Gasteiger partial charge in [0.05, 0.1) is 0 Å². The molecular formula is C17H20FOSi. The first-order chi connectivity index (χ1) is 9.65. The van der Waals surface area contributed by atoms with Crippen LogP contribution in [-0.4, -0.2) is 8.80 Å². The van der Waals surface area contributed by atoms with E-state index in [2.05, 4.69) is 13.1 Å². The SMILES string of the molecule is C[Si](C)CCCc1ccc(F)c(Oc2ccccc2)c1. The van der Waals surface area contributed by atoms with Crippen LogP contribution in [0.5, 0.6) is 11.5 Å². The van der Waals surface area contributed by atoms with Gasteiger partial charge in [0.25, 0.3) is 0 Å². The second-order valence-electron chi connectivity index (χ2n) is 5.24. The van der Waals surface area contributed by atoms with Gasteiger partial charge in [0.1, 0.15) is 5.75 Å². The van der Waals surface area contributed by atoms with Gasteiger partial charge in [0.2, 0.25) is 0 Å². The summed E-state index contributed by atoms with van der Waals surface area (Å²) in [6.45, 7) is 4.64. The summed E-state index contributed by atoms with van der Waals surface area (Å²) >= 11 is 0. The Morgan fingerprint density at radius 1 is 1.05 bits per heavy atom. The minimum Gasteiger partial charge on any atom is -0.454 e. The fourth-order valence-electron chi connectivity index (χ4n) is 2.04. The van der Waals surface area contributed by atoms with Crippen LogP contribution < -0.4 is 4.74 Å². The molecule has 0 N–H and O–H groups in total. The predicted molar refractivity (Wildman–Crippen MR) is 83.5 cm³/mol. The smallest absolute Gasteiger partial charge is 0.165 e. The van der Waals surface area contributed by atoms with Crippen molar-refractivity contribution in [2.75, 3.05) is 0 Å². The molecule has 0 unspecified atom stereocenters. The highest BCUT2D eigenvalue weighted by atomic mass is 28.3. The van der Waals surface area contributed by atoms with Crippen LogP contribution in [0.1, 0.15) is 12.0 Å². The molecule has 0 saturated carbocycles. The molecule has 0 aliphatic rings. The van der Waals surface area contributed by atoms with E-state index in [1.165, 1.54) is 12.1 Å². The molecule has 0 aliphatic heterocycles. The molecule has 0 aliphatic carbocycles. The zero-order valence-electron chi connectivity index (χ0n) is 12.0. The molecule has 3 heteroatoms. The van der Waals surface area contributed by atoms with Gasteiger partial charge >= 0.3 is 0 Å². The fourth-order valence-corrected chi connectivity index (χ4v) is 2.93. The molecule has 20 heavy (non-hydrogen) atoms. The third-order valence-electron chi connectivity index (χ3n) is 3.11. The lowest BCUT2D eigenvalue weighted by Crippen LogP contribution is -1.99. The van der Waals surface area contributed by atoms with Crippen LogP contribution in [0.3, 0.4) is 0 Å². The minimum atomic E-state index is -0.312. The van der Waals surface area contributed by atoms with E-state index >= 15 is 0 Å². The molecule has 1 nitrogen and oxygen atoms in total. The van der Waals surface area contributed by atoms with Crippen LogP contribution in [0.4, 0.5) is 4.39 Å². The molecule has 0 amide bonds. The van der Waals surface area contributed by atoms with Crippen molar-refractivity contribution in [1.29, 1.82) is 0 Å². The molecule has 2 aromatic carbocycles. The van der Waals surface area contributed by atoms with Crippen molar-refractivity contribution in [3.8, 4) is 11.5 Å². The van der Waals surface area contributed by atoms with Crippen molar-refractivity contribution in [3.05, 3.63) is 59.9 Å². The Kier molecular flexibility index (Phi) is 5.36. The Bertz CT molecular complexity index is 540. The van der Waals surface area contributed by atoms with E-state index in [1.807, 2.05) is 42.5 Å². The van der Waals surface area contributed by atoms with E-state index in [0.717, 1.165) is 18.4 Å².